The van der Waals surface area contributed by atoms with E-state index < -0.39 is 5.79 Å². The molecule has 0 aromatic rings. The normalized spacial score (nSPS) is 22.7. The number of rotatable bonds is 6. The highest BCUT2D eigenvalue weighted by atomic mass is 16.7. The summed E-state index contributed by atoms with van der Waals surface area (Å²) in [5, 5.41) is 12.0. The lowest BCUT2D eigenvalue weighted by Crippen LogP contribution is -2.56. The molecule has 1 unspecified atom stereocenters. The van der Waals surface area contributed by atoms with Crippen LogP contribution < -0.4 is 5.32 Å². The first-order valence-corrected chi connectivity index (χ1v) is 7.16. The molecule has 0 saturated heterocycles. The number of allylic oxidation sites excluding steroid dienone is 1. The van der Waals surface area contributed by atoms with Gasteiger partial charge in [-0.2, -0.15) is 0 Å². The molecule has 120 valence electrons. The molecule has 0 radical (unpaired) electrons. The van der Waals surface area contributed by atoms with E-state index in [-0.39, 0.29) is 23.8 Å². The highest BCUT2D eigenvalue weighted by Crippen LogP contribution is 2.36. The standard InChI is InChI=1S/C16H27NO4/c1-15(2,3)12-11-16(20-4,21-5)14(10-13(12)19)17-8-6-7-9-18/h6-7,11,14,17-18H,8-10H2,1-5H3/b7-6-. The van der Waals surface area contributed by atoms with Gasteiger partial charge < -0.3 is 19.9 Å². The van der Waals surface area contributed by atoms with Gasteiger partial charge in [0.05, 0.1) is 12.6 Å². The summed E-state index contributed by atoms with van der Waals surface area (Å²) < 4.78 is 11.2. The number of aliphatic hydroxyl groups is 1. The van der Waals surface area contributed by atoms with Crippen LogP contribution in [0, 0.1) is 5.41 Å². The third kappa shape index (κ3) is 4.23. The van der Waals surface area contributed by atoms with Crippen LogP contribution in [0.25, 0.3) is 0 Å². The second kappa shape index (κ2) is 7.31. The maximum Gasteiger partial charge on any atom is 0.204 e. The van der Waals surface area contributed by atoms with E-state index in [9.17, 15) is 4.79 Å². The number of aliphatic hydroxyl groups excluding tert-OH is 1. The number of Topliss-reactive ketones (excluding diaryl/α,β-unsaturated/α-hetero) is 1. The predicted octanol–water partition coefficient (Wildman–Crippen LogP) is 1.43. The van der Waals surface area contributed by atoms with Crippen LogP contribution in [-0.2, 0) is 14.3 Å². The van der Waals surface area contributed by atoms with Crippen molar-refractivity contribution in [3.8, 4) is 0 Å². The van der Waals surface area contributed by atoms with E-state index in [0.717, 1.165) is 5.57 Å². The van der Waals surface area contributed by atoms with E-state index >= 15 is 0 Å². The zero-order chi connectivity index (χ0) is 16.1. The first kappa shape index (κ1) is 18.0. The van der Waals surface area contributed by atoms with Gasteiger partial charge in [0.1, 0.15) is 0 Å². The fourth-order valence-corrected chi connectivity index (χ4v) is 2.52. The minimum Gasteiger partial charge on any atom is -0.392 e. The Morgan fingerprint density at radius 3 is 2.48 bits per heavy atom. The lowest BCUT2D eigenvalue weighted by molar-refractivity contribution is -0.194. The SMILES string of the molecule is COC1(OC)C=C(C(C)(C)C)C(=O)CC1NC/C=C\CO. The van der Waals surface area contributed by atoms with Crippen LogP contribution in [0.5, 0.6) is 0 Å². The van der Waals surface area contributed by atoms with Gasteiger partial charge in [-0.25, -0.2) is 0 Å². The number of nitrogens with one attached hydrogen (secondary N) is 1. The molecule has 0 aromatic carbocycles. The summed E-state index contributed by atoms with van der Waals surface area (Å²) in [6.45, 7) is 6.55. The summed E-state index contributed by atoms with van der Waals surface area (Å²) in [5.41, 5.74) is 0.483. The first-order valence-electron chi connectivity index (χ1n) is 7.16. The largest absolute Gasteiger partial charge is 0.392 e. The van der Waals surface area contributed by atoms with Gasteiger partial charge >= 0.3 is 0 Å². The van der Waals surface area contributed by atoms with Crippen LogP contribution in [0.1, 0.15) is 27.2 Å². The van der Waals surface area contributed by atoms with Crippen LogP contribution in [0.4, 0.5) is 0 Å². The van der Waals surface area contributed by atoms with Crippen LogP contribution >= 0.6 is 0 Å². The lowest BCUT2D eigenvalue weighted by Gasteiger charge is -2.41. The van der Waals surface area contributed by atoms with Gasteiger partial charge in [-0.05, 0) is 11.5 Å². The Balaban J connectivity index is 3.03. The molecule has 5 nitrogen and oxygen atoms in total. The Bertz CT molecular complexity index is 416. The molecular weight excluding hydrogens is 270 g/mol. The summed E-state index contributed by atoms with van der Waals surface area (Å²) in [4.78, 5) is 12.4. The highest BCUT2D eigenvalue weighted by Gasteiger charge is 2.45. The number of ether oxygens (including phenoxy) is 2. The minimum atomic E-state index is -0.955. The second-order valence-corrected chi connectivity index (χ2v) is 6.18. The van der Waals surface area contributed by atoms with Crippen molar-refractivity contribution in [2.45, 2.75) is 39.0 Å². The molecule has 0 amide bonds. The van der Waals surface area contributed by atoms with Crippen LogP contribution in [0.2, 0.25) is 0 Å². The molecule has 0 bridgehead atoms. The monoisotopic (exact) mass is 297 g/mol. The Kier molecular flexibility index (Phi) is 6.28. The van der Waals surface area contributed by atoms with Crippen molar-refractivity contribution in [3.05, 3.63) is 23.8 Å². The molecule has 5 heteroatoms. The van der Waals surface area contributed by atoms with E-state index in [2.05, 4.69) is 5.32 Å². The molecule has 1 atom stereocenters. The molecule has 0 aliphatic heterocycles. The minimum absolute atomic E-state index is 0.000942. The Hall–Kier alpha value is -1.01. The van der Waals surface area contributed by atoms with Crippen LogP contribution in [0.15, 0.2) is 23.8 Å². The fourth-order valence-electron chi connectivity index (χ4n) is 2.52. The second-order valence-electron chi connectivity index (χ2n) is 6.18. The van der Waals surface area contributed by atoms with E-state index in [4.69, 9.17) is 14.6 Å². The number of carbonyl (C=O) groups excluding carboxylic acids is 1. The maximum absolute atomic E-state index is 12.4. The number of hydrogen-bond donors (Lipinski definition) is 2. The molecule has 0 fully saturated rings. The maximum atomic E-state index is 12.4. The van der Waals surface area contributed by atoms with Gasteiger partial charge in [0.25, 0.3) is 0 Å². The zero-order valence-electron chi connectivity index (χ0n) is 13.6. The topological polar surface area (TPSA) is 67.8 Å². The van der Waals surface area contributed by atoms with E-state index in [1.165, 1.54) is 0 Å². The fraction of sp³-hybridized carbons (Fsp3) is 0.688. The average molecular weight is 297 g/mol. The van der Waals surface area contributed by atoms with Crippen molar-refractivity contribution < 1.29 is 19.4 Å². The van der Waals surface area contributed by atoms with E-state index in [0.29, 0.717) is 13.0 Å². The molecule has 0 aromatic heterocycles. The van der Waals surface area contributed by atoms with Crippen molar-refractivity contribution in [1.82, 2.24) is 5.32 Å². The van der Waals surface area contributed by atoms with E-state index in [1.54, 1.807) is 26.4 Å². The third-order valence-electron chi connectivity index (χ3n) is 3.72. The van der Waals surface area contributed by atoms with E-state index in [1.807, 2.05) is 26.8 Å². The third-order valence-corrected chi connectivity index (χ3v) is 3.72. The summed E-state index contributed by atoms with van der Waals surface area (Å²) in [5.74, 6) is -0.848. The number of ketones is 1. The average Bonchev–Trinajstić information content (AvgIpc) is 2.43. The predicted molar refractivity (Wildman–Crippen MR) is 81.9 cm³/mol. The number of methoxy groups -OCH3 is 2. The molecule has 1 rings (SSSR count). The molecule has 1 aliphatic rings. The Morgan fingerprint density at radius 1 is 1.38 bits per heavy atom. The van der Waals surface area contributed by atoms with Gasteiger partial charge in [0.2, 0.25) is 5.79 Å². The zero-order valence-corrected chi connectivity index (χ0v) is 13.6. The lowest BCUT2D eigenvalue weighted by atomic mass is 9.76. The van der Waals surface area contributed by atoms with Crippen molar-refractivity contribution in [2.24, 2.45) is 5.41 Å². The van der Waals surface area contributed by atoms with Crippen molar-refractivity contribution in [2.75, 3.05) is 27.4 Å². The van der Waals surface area contributed by atoms with Crippen molar-refractivity contribution in [3.63, 3.8) is 0 Å². The first-order chi connectivity index (χ1) is 9.80. The van der Waals surface area contributed by atoms with Crippen molar-refractivity contribution in [1.29, 1.82) is 0 Å². The Morgan fingerprint density at radius 2 is 2.00 bits per heavy atom. The van der Waals surface area contributed by atoms with Gasteiger partial charge in [0.15, 0.2) is 5.78 Å². The number of hydrogen-bond acceptors (Lipinski definition) is 5. The molecule has 2 N–H and O–H groups in total. The summed E-state index contributed by atoms with van der Waals surface area (Å²) in [6, 6.07) is -0.269. The molecule has 0 heterocycles. The summed E-state index contributed by atoms with van der Waals surface area (Å²) in [6.07, 6.45) is 5.57. The smallest absolute Gasteiger partial charge is 0.204 e. The summed E-state index contributed by atoms with van der Waals surface area (Å²) >= 11 is 0. The van der Waals surface area contributed by atoms with Crippen molar-refractivity contribution >= 4 is 5.78 Å². The Labute approximate surface area is 127 Å². The highest BCUT2D eigenvalue weighted by molar-refractivity contribution is 5.98. The van der Waals surface area contributed by atoms with Gasteiger partial charge in [0, 0.05) is 32.8 Å². The van der Waals surface area contributed by atoms with Crippen LogP contribution in [0.3, 0.4) is 0 Å². The molecular formula is C16H27NO4. The molecule has 1 aliphatic carbocycles. The molecule has 21 heavy (non-hydrogen) atoms. The quantitative estimate of drug-likeness (QED) is 0.573. The van der Waals surface area contributed by atoms with Gasteiger partial charge in [-0.1, -0.05) is 32.9 Å². The molecule has 0 spiro atoms. The summed E-state index contributed by atoms with van der Waals surface area (Å²) in [7, 11) is 3.16. The van der Waals surface area contributed by atoms with Gasteiger partial charge in [-0.3, -0.25) is 4.79 Å². The number of carbonyl (C=O) groups is 1. The molecule has 0 saturated carbocycles. The van der Waals surface area contributed by atoms with Crippen LogP contribution in [-0.4, -0.2) is 50.1 Å². The van der Waals surface area contributed by atoms with Gasteiger partial charge in [-0.15, -0.1) is 0 Å².